The van der Waals surface area contributed by atoms with Gasteiger partial charge in [-0.3, -0.25) is 9.59 Å². The normalized spacial score (nSPS) is 11.7. The summed E-state index contributed by atoms with van der Waals surface area (Å²) in [5, 5.41) is 5.05. The molecule has 9 heteroatoms. The largest absolute Gasteiger partial charge is 0.345 e. The van der Waals surface area contributed by atoms with Gasteiger partial charge in [0, 0.05) is 5.56 Å². The van der Waals surface area contributed by atoms with E-state index in [1.54, 1.807) is 13.0 Å². The molecule has 32 heavy (non-hydrogen) atoms. The van der Waals surface area contributed by atoms with Crippen LogP contribution in [0.3, 0.4) is 0 Å². The number of hydrogen-bond acceptors (Lipinski definition) is 2. The topological polar surface area (TPSA) is 58.2 Å². The minimum Gasteiger partial charge on any atom is -0.345 e. The van der Waals surface area contributed by atoms with Crippen LogP contribution in [0, 0.1) is 29.1 Å². The summed E-state index contributed by atoms with van der Waals surface area (Å²) in [6.45, 7) is 1.76. The number of rotatable bonds is 6. The lowest BCUT2D eigenvalue weighted by molar-refractivity contribution is -0.115. The zero-order valence-corrected chi connectivity index (χ0v) is 16.7. The molecule has 1 atom stereocenters. The molecule has 0 saturated heterocycles. The fourth-order valence-electron chi connectivity index (χ4n) is 3.05. The third kappa shape index (κ3) is 4.77. The summed E-state index contributed by atoms with van der Waals surface area (Å²) < 4.78 is 67.6. The van der Waals surface area contributed by atoms with E-state index in [9.17, 15) is 31.5 Å². The molecule has 166 valence electrons. The van der Waals surface area contributed by atoms with Crippen molar-refractivity contribution in [1.29, 1.82) is 0 Å². The molecule has 0 bridgehead atoms. The average Bonchev–Trinajstić information content (AvgIpc) is 2.80. The Kier molecular flexibility index (Phi) is 6.87. The first-order chi connectivity index (χ1) is 15.2. The van der Waals surface area contributed by atoms with Gasteiger partial charge in [0.1, 0.15) is 0 Å². The molecule has 0 saturated carbocycles. The summed E-state index contributed by atoms with van der Waals surface area (Å²) in [6, 6.07) is 14.6. The highest BCUT2D eigenvalue weighted by Crippen LogP contribution is 2.24. The van der Waals surface area contributed by atoms with Gasteiger partial charge in [-0.05, 0) is 24.6 Å². The molecule has 0 fully saturated rings. The Morgan fingerprint density at radius 2 is 1.31 bits per heavy atom. The Balaban J connectivity index is 1.78. The molecule has 2 amide bonds. The van der Waals surface area contributed by atoms with Crippen molar-refractivity contribution in [2.75, 3.05) is 5.32 Å². The predicted octanol–water partition coefficient (Wildman–Crippen LogP) is 5.05. The van der Waals surface area contributed by atoms with Crippen molar-refractivity contribution in [3.8, 4) is 0 Å². The molecule has 0 heterocycles. The van der Waals surface area contributed by atoms with E-state index in [-0.39, 0.29) is 17.3 Å². The Labute approximate surface area is 180 Å². The third-order valence-electron chi connectivity index (χ3n) is 4.73. The van der Waals surface area contributed by atoms with Crippen molar-refractivity contribution < 1.29 is 31.5 Å². The molecule has 3 aromatic rings. The van der Waals surface area contributed by atoms with Crippen molar-refractivity contribution in [1.82, 2.24) is 5.32 Å². The highest BCUT2D eigenvalue weighted by Gasteiger charge is 2.27. The fraction of sp³-hybridized carbons (Fsp3) is 0.130. The number of carbonyl (C=O) groups is 2. The van der Waals surface area contributed by atoms with E-state index < -0.39 is 52.9 Å². The number of halogens is 5. The second-order valence-electron chi connectivity index (χ2n) is 6.92. The number of para-hydroxylation sites is 1. The molecule has 0 aliphatic rings. The summed E-state index contributed by atoms with van der Waals surface area (Å²) in [5.74, 6) is -12.3. The average molecular weight is 448 g/mol. The lowest BCUT2D eigenvalue weighted by Gasteiger charge is -2.16. The number of carbonyl (C=O) groups excluding carboxylic acids is 2. The van der Waals surface area contributed by atoms with Crippen LogP contribution in [0.2, 0.25) is 0 Å². The van der Waals surface area contributed by atoms with Crippen LogP contribution >= 0.6 is 0 Å². The standard InChI is InChI=1S/C23H17F5N2O2/c1-12(13-7-3-2-4-8-13)29-23(32)14-9-5-6-10-16(14)30-17(31)11-15-18(24)20(26)22(28)21(27)19(15)25/h2-10,12H,11H2,1H3,(H,29,32)(H,30,31). The van der Waals surface area contributed by atoms with Gasteiger partial charge < -0.3 is 10.6 Å². The van der Waals surface area contributed by atoms with Gasteiger partial charge in [-0.25, -0.2) is 22.0 Å². The Morgan fingerprint density at radius 3 is 1.94 bits per heavy atom. The lowest BCUT2D eigenvalue weighted by atomic mass is 10.1. The number of amides is 2. The molecular formula is C23H17F5N2O2. The monoisotopic (exact) mass is 448 g/mol. The maximum Gasteiger partial charge on any atom is 0.253 e. The smallest absolute Gasteiger partial charge is 0.253 e. The van der Waals surface area contributed by atoms with E-state index in [4.69, 9.17) is 0 Å². The predicted molar refractivity (Wildman–Crippen MR) is 107 cm³/mol. The molecule has 0 radical (unpaired) electrons. The molecule has 1 unspecified atom stereocenters. The van der Waals surface area contributed by atoms with Gasteiger partial charge in [0.25, 0.3) is 5.91 Å². The molecule has 0 spiro atoms. The van der Waals surface area contributed by atoms with Crippen LogP contribution in [0.5, 0.6) is 0 Å². The van der Waals surface area contributed by atoms with Gasteiger partial charge in [0.2, 0.25) is 11.7 Å². The van der Waals surface area contributed by atoms with Gasteiger partial charge >= 0.3 is 0 Å². The summed E-state index contributed by atoms with van der Waals surface area (Å²) in [4.78, 5) is 25.0. The summed E-state index contributed by atoms with van der Waals surface area (Å²) in [7, 11) is 0. The zero-order chi connectivity index (χ0) is 23.4. The van der Waals surface area contributed by atoms with E-state index in [1.807, 2.05) is 30.3 Å². The number of anilines is 1. The number of nitrogens with one attached hydrogen (secondary N) is 2. The van der Waals surface area contributed by atoms with Crippen molar-refractivity contribution in [3.05, 3.63) is 100 Å². The Morgan fingerprint density at radius 1 is 0.781 bits per heavy atom. The molecule has 3 aromatic carbocycles. The fourth-order valence-corrected chi connectivity index (χ4v) is 3.05. The van der Waals surface area contributed by atoms with Crippen LogP contribution in [0.4, 0.5) is 27.6 Å². The lowest BCUT2D eigenvalue weighted by Crippen LogP contribution is -2.28. The molecule has 0 aliphatic carbocycles. The molecule has 4 nitrogen and oxygen atoms in total. The second-order valence-corrected chi connectivity index (χ2v) is 6.92. The molecule has 2 N–H and O–H groups in total. The van der Waals surface area contributed by atoms with Crippen molar-refractivity contribution in [2.45, 2.75) is 19.4 Å². The highest BCUT2D eigenvalue weighted by molar-refractivity contribution is 6.04. The first-order valence-electron chi connectivity index (χ1n) is 9.45. The zero-order valence-electron chi connectivity index (χ0n) is 16.7. The van der Waals surface area contributed by atoms with E-state index >= 15 is 0 Å². The van der Waals surface area contributed by atoms with E-state index in [1.165, 1.54) is 18.2 Å². The van der Waals surface area contributed by atoms with Gasteiger partial charge in [-0.15, -0.1) is 0 Å². The first-order valence-corrected chi connectivity index (χ1v) is 9.45. The van der Waals surface area contributed by atoms with Crippen molar-refractivity contribution >= 4 is 17.5 Å². The second kappa shape index (κ2) is 9.59. The molecule has 0 aromatic heterocycles. The van der Waals surface area contributed by atoms with Gasteiger partial charge in [-0.2, -0.15) is 0 Å². The van der Waals surface area contributed by atoms with E-state index in [0.29, 0.717) is 0 Å². The summed E-state index contributed by atoms with van der Waals surface area (Å²) >= 11 is 0. The molecule has 3 rings (SSSR count). The van der Waals surface area contributed by atoms with Crippen LogP contribution in [0.25, 0.3) is 0 Å². The third-order valence-corrected chi connectivity index (χ3v) is 4.73. The van der Waals surface area contributed by atoms with Gasteiger partial charge in [0.15, 0.2) is 23.3 Å². The minimum absolute atomic E-state index is 0.0131. The minimum atomic E-state index is -2.31. The van der Waals surface area contributed by atoms with Crippen molar-refractivity contribution in [2.24, 2.45) is 0 Å². The molecular weight excluding hydrogens is 431 g/mol. The van der Waals surface area contributed by atoms with E-state index in [2.05, 4.69) is 10.6 Å². The number of benzene rings is 3. The first kappa shape index (κ1) is 22.9. The Bertz CT molecular complexity index is 1140. The van der Waals surface area contributed by atoms with Crippen LogP contribution in [0.1, 0.15) is 34.5 Å². The van der Waals surface area contributed by atoms with Gasteiger partial charge in [0.05, 0.1) is 23.7 Å². The maximum atomic E-state index is 13.8. The van der Waals surface area contributed by atoms with E-state index in [0.717, 1.165) is 5.56 Å². The van der Waals surface area contributed by atoms with Gasteiger partial charge in [-0.1, -0.05) is 42.5 Å². The summed E-state index contributed by atoms with van der Waals surface area (Å²) in [5.41, 5.74) is -0.354. The quantitative estimate of drug-likeness (QED) is 0.315. The summed E-state index contributed by atoms with van der Waals surface area (Å²) in [6.07, 6.45) is -1.12. The maximum absolute atomic E-state index is 13.8. The molecule has 0 aliphatic heterocycles. The van der Waals surface area contributed by atoms with Crippen LogP contribution < -0.4 is 10.6 Å². The Hall–Kier alpha value is -3.75. The van der Waals surface area contributed by atoms with Crippen LogP contribution in [-0.2, 0) is 11.2 Å². The van der Waals surface area contributed by atoms with Crippen LogP contribution in [0.15, 0.2) is 54.6 Å². The number of hydrogen-bond donors (Lipinski definition) is 2. The van der Waals surface area contributed by atoms with Crippen molar-refractivity contribution in [3.63, 3.8) is 0 Å². The highest BCUT2D eigenvalue weighted by atomic mass is 19.2. The van der Waals surface area contributed by atoms with Crippen LogP contribution in [-0.4, -0.2) is 11.8 Å². The SMILES string of the molecule is CC(NC(=O)c1ccccc1NC(=O)Cc1c(F)c(F)c(F)c(F)c1F)c1ccccc1.